The van der Waals surface area contributed by atoms with Crippen molar-refractivity contribution >= 4 is 27.6 Å². The number of nitrogens with zero attached hydrogens (tertiary/aromatic N) is 2. The summed E-state index contributed by atoms with van der Waals surface area (Å²) in [5.74, 6) is -2.36. The molecule has 4 rings (SSSR count). The number of hydrogen-bond donors (Lipinski definition) is 0. The van der Waals surface area contributed by atoms with Gasteiger partial charge in [0.2, 0.25) is 10.0 Å². The molecule has 0 radical (unpaired) electrons. The Labute approximate surface area is 225 Å². The van der Waals surface area contributed by atoms with Crippen molar-refractivity contribution in [2.45, 2.75) is 17.6 Å². The zero-order valence-electron chi connectivity index (χ0n) is 20.6. The predicted molar refractivity (Wildman–Crippen MR) is 138 cm³/mol. The number of halogens is 3. The van der Waals surface area contributed by atoms with Gasteiger partial charge < -0.3 is 9.47 Å². The molecule has 0 aromatic heterocycles. The lowest BCUT2D eigenvalue weighted by Crippen LogP contribution is -2.49. The van der Waals surface area contributed by atoms with Crippen molar-refractivity contribution in [3.63, 3.8) is 0 Å². The van der Waals surface area contributed by atoms with Crippen LogP contribution in [0.4, 0.5) is 8.78 Å². The highest BCUT2D eigenvalue weighted by Crippen LogP contribution is 2.25. The van der Waals surface area contributed by atoms with E-state index in [1.165, 1.54) is 11.4 Å². The minimum Gasteiger partial charge on any atom is -0.465 e. The molecule has 0 amide bonds. The molecule has 0 bridgehead atoms. The van der Waals surface area contributed by atoms with E-state index in [0.717, 1.165) is 23.3 Å². The number of hydrogen-bond acceptors (Lipinski definition) is 6. The number of carbonyl (C=O) groups excluding carboxylic acids is 1. The molecule has 38 heavy (non-hydrogen) atoms. The third-order valence-corrected chi connectivity index (χ3v) is 8.52. The highest BCUT2D eigenvalue weighted by atomic mass is 35.5. The van der Waals surface area contributed by atoms with Gasteiger partial charge in [-0.15, -0.1) is 0 Å². The number of sulfonamides is 1. The Bertz CT molecular complexity index is 1360. The number of rotatable bonds is 9. The Hall–Kier alpha value is -2.89. The molecule has 1 aliphatic heterocycles. The van der Waals surface area contributed by atoms with Gasteiger partial charge in [-0.3, -0.25) is 4.90 Å². The molecule has 1 atom stereocenters. The van der Waals surface area contributed by atoms with E-state index < -0.39 is 32.5 Å². The molecule has 1 saturated heterocycles. The number of piperazine rings is 1. The third kappa shape index (κ3) is 6.75. The van der Waals surface area contributed by atoms with Crippen molar-refractivity contribution in [3.05, 3.63) is 100 Å². The zero-order valence-corrected chi connectivity index (χ0v) is 22.2. The maximum Gasteiger partial charge on any atom is 0.337 e. The second-order valence-corrected chi connectivity index (χ2v) is 11.2. The molecule has 1 heterocycles. The lowest BCUT2D eigenvalue weighted by atomic mass is 10.1. The van der Waals surface area contributed by atoms with Crippen LogP contribution in [0.3, 0.4) is 0 Å². The fourth-order valence-electron chi connectivity index (χ4n) is 4.19. The van der Waals surface area contributed by atoms with Gasteiger partial charge in [0.1, 0.15) is 16.5 Å². The molecular formula is C27H27ClF2N2O5S. The largest absolute Gasteiger partial charge is 0.465 e. The van der Waals surface area contributed by atoms with Crippen LogP contribution >= 0.6 is 11.6 Å². The highest BCUT2D eigenvalue weighted by Gasteiger charge is 2.31. The topological polar surface area (TPSA) is 76.2 Å². The van der Waals surface area contributed by atoms with Crippen LogP contribution < -0.4 is 0 Å². The average Bonchev–Trinajstić information content (AvgIpc) is 2.91. The molecule has 202 valence electrons. The van der Waals surface area contributed by atoms with E-state index in [-0.39, 0.29) is 25.8 Å². The average molecular weight is 565 g/mol. The monoisotopic (exact) mass is 564 g/mol. The van der Waals surface area contributed by atoms with Crippen LogP contribution in [0.1, 0.15) is 27.6 Å². The van der Waals surface area contributed by atoms with Gasteiger partial charge in [-0.1, -0.05) is 35.9 Å². The first kappa shape index (κ1) is 28.1. The minimum atomic E-state index is -4.09. The maximum absolute atomic E-state index is 14.2. The summed E-state index contributed by atoms with van der Waals surface area (Å²) in [5.41, 5.74) is 2.22. The molecule has 0 spiro atoms. The quantitative estimate of drug-likeness (QED) is 0.352. The third-order valence-electron chi connectivity index (χ3n) is 6.34. The fraction of sp³-hybridized carbons (Fsp3) is 0.296. The number of methoxy groups -OCH3 is 1. The van der Waals surface area contributed by atoms with Gasteiger partial charge in [-0.2, -0.15) is 4.31 Å². The first-order valence-corrected chi connectivity index (χ1v) is 13.7. The number of benzene rings is 3. The SMILES string of the molecule is COC(=O)c1ccc(COC(CN2CCN(S(=O)(=O)c3ccc(F)cc3F)CC2)c2ccc(Cl)cc2)cc1. The summed E-state index contributed by atoms with van der Waals surface area (Å²) in [4.78, 5) is 13.2. The summed E-state index contributed by atoms with van der Waals surface area (Å²) in [6.07, 6.45) is -0.342. The molecule has 1 fully saturated rings. The highest BCUT2D eigenvalue weighted by molar-refractivity contribution is 7.89. The van der Waals surface area contributed by atoms with Gasteiger partial charge in [0, 0.05) is 43.8 Å². The first-order valence-electron chi connectivity index (χ1n) is 11.9. The minimum absolute atomic E-state index is 0.154. The Morgan fingerprint density at radius 3 is 2.24 bits per heavy atom. The summed E-state index contributed by atoms with van der Waals surface area (Å²) in [6, 6.07) is 16.7. The van der Waals surface area contributed by atoms with Crippen LogP contribution in [-0.2, 0) is 26.1 Å². The number of carbonyl (C=O) groups is 1. The number of ether oxygens (including phenoxy) is 2. The van der Waals surface area contributed by atoms with Crippen LogP contribution in [0.25, 0.3) is 0 Å². The van der Waals surface area contributed by atoms with Crippen LogP contribution in [-0.4, -0.2) is 63.4 Å². The standard InChI is InChI=1S/C27H27ClF2N2O5S/c1-36-27(33)21-4-2-19(3-5-21)18-37-25(20-6-8-22(28)9-7-20)17-31-12-14-32(15-13-31)38(34,35)26-11-10-23(29)16-24(26)30/h2-11,16,25H,12-15,17-18H2,1H3. The van der Waals surface area contributed by atoms with Gasteiger partial charge in [-0.05, 0) is 47.5 Å². The van der Waals surface area contributed by atoms with Crippen LogP contribution in [0.15, 0.2) is 71.6 Å². The summed E-state index contributed by atoms with van der Waals surface area (Å²) in [7, 11) is -2.76. The second-order valence-electron chi connectivity index (χ2n) is 8.82. The lowest BCUT2D eigenvalue weighted by molar-refractivity contribution is 0.00770. The van der Waals surface area contributed by atoms with E-state index in [1.807, 2.05) is 12.1 Å². The van der Waals surface area contributed by atoms with E-state index in [4.69, 9.17) is 21.1 Å². The van der Waals surface area contributed by atoms with E-state index >= 15 is 0 Å². The Morgan fingerprint density at radius 2 is 1.63 bits per heavy atom. The smallest absolute Gasteiger partial charge is 0.337 e. The molecule has 1 aliphatic rings. The summed E-state index contributed by atoms with van der Waals surface area (Å²) in [5, 5.41) is 0.595. The second kappa shape index (κ2) is 12.3. The van der Waals surface area contributed by atoms with Crippen molar-refractivity contribution in [2.24, 2.45) is 0 Å². The molecule has 0 aliphatic carbocycles. The molecule has 11 heteroatoms. The van der Waals surface area contributed by atoms with Crippen LogP contribution in [0, 0.1) is 11.6 Å². The van der Waals surface area contributed by atoms with E-state index in [1.54, 1.807) is 36.4 Å². The zero-order chi connectivity index (χ0) is 27.3. The number of esters is 1. The molecule has 0 N–H and O–H groups in total. The van der Waals surface area contributed by atoms with Crippen molar-refractivity contribution in [3.8, 4) is 0 Å². The normalized spacial score (nSPS) is 15.8. The molecule has 7 nitrogen and oxygen atoms in total. The Balaban J connectivity index is 1.42. The van der Waals surface area contributed by atoms with Crippen molar-refractivity contribution in [1.82, 2.24) is 9.21 Å². The van der Waals surface area contributed by atoms with Crippen LogP contribution in [0.2, 0.25) is 5.02 Å². The molecule has 1 unspecified atom stereocenters. The molecule has 0 saturated carbocycles. The van der Waals surface area contributed by atoms with Gasteiger partial charge in [0.25, 0.3) is 0 Å². The van der Waals surface area contributed by atoms with Crippen molar-refractivity contribution in [1.29, 1.82) is 0 Å². The van der Waals surface area contributed by atoms with Crippen molar-refractivity contribution < 1.29 is 31.5 Å². The van der Waals surface area contributed by atoms with Gasteiger partial charge >= 0.3 is 5.97 Å². The Kier molecular flexibility index (Phi) is 9.11. The predicted octanol–water partition coefficient (Wildman–Crippen LogP) is 4.67. The van der Waals surface area contributed by atoms with E-state index in [2.05, 4.69) is 4.90 Å². The summed E-state index contributed by atoms with van der Waals surface area (Å²) in [6.45, 7) is 1.89. The lowest BCUT2D eigenvalue weighted by Gasteiger charge is -2.36. The summed E-state index contributed by atoms with van der Waals surface area (Å²) < 4.78 is 65.5. The molecule has 3 aromatic rings. The van der Waals surface area contributed by atoms with Gasteiger partial charge in [0.05, 0.1) is 25.4 Å². The fourth-order valence-corrected chi connectivity index (χ4v) is 5.79. The maximum atomic E-state index is 14.2. The van der Waals surface area contributed by atoms with E-state index in [0.29, 0.717) is 36.3 Å². The molecular weight excluding hydrogens is 538 g/mol. The van der Waals surface area contributed by atoms with Gasteiger partial charge in [-0.25, -0.2) is 22.0 Å². The van der Waals surface area contributed by atoms with Crippen molar-refractivity contribution in [2.75, 3.05) is 39.8 Å². The first-order chi connectivity index (χ1) is 18.2. The van der Waals surface area contributed by atoms with Crippen LogP contribution in [0.5, 0.6) is 0 Å². The van der Waals surface area contributed by atoms with E-state index in [9.17, 15) is 22.0 Å². The Morgan fingerprint density at radius 1 is 0.974 bits per heavy atom. The summed E-state index contributed by atoms with van der Waals surface area (Å²) >= 11 is 6.06. The molecule has 3 aromatic carbocycles. The van der Waals surface area contributed by atoms with Gasteiger partial charge in [0.15, 0.2) is 0 Å².